The van der Waals surface area contributed by atoms with Crippen molar-refractivity contribution in [2.75, 3.05) is 17.0 Å². The summed E-state index contributed by atoms with van der Waals surface area (Å²) in [4.78, 5) is 0. The van der Waals surface area contributed by atoms with Crippen molar-refractivity contribution < 1.29 is 13.9 Å². The number of fused-ring (bicyclic) bond motifs is 1. The Morgan fingerprint density at radius 2 is 2.11 bits per heavy atom. The Labute approximate surface area is 104 Å². The van der Waals surface area contributed by atoms with Gasteiger partial charge < -0.3 is 10.5 Å². The third-order valence-electron chi connectivity index (χ3n) is 3.69. The van der Waals surface area contributed by atoms with Crippen molar-refractivity contribution in [3.05, 3.63) is 23.3 Å². The maximum Gasteiger partial charge on any atom is 0.185 e. The topological polar surface area (TPSA) is 47.5 Å². The SMILES string of the molecule is Cc1cc2c(c(F)c1F)N(CC1(O)CCC1)NN2. The minimum Gasteiger partial charge on any atom is -0.388 e. The van der Waals surface area contributed by atoms with Gasteiger partial charge in [0.05, 0.1) is 17.8 Å². The molecule has 0 saturated heterocycles. The lowest BCUT2D eigenvalue weighted by atomic mass is 9.80. The van der Waals surface area contributed by atoms with E-state index in [1.807, 2.05) is 0 Å². The standard InChI is InChI=1S/C12H15F2N3O/c1-7-5-8-11(10(14)9(7)13)17(16-15-8)6-12(18)3-2-4-12/h5,15-16,18H,2-4,6H2,1H3. The molecule has 98 valence electrons. The van der Waals surface area contributed by atoms with Crippen molar-refractivity contribution >= 4 is 11.4 Å². The van der Waals surface area contributed by atoms with Gasteiger partial charge in [-0.3, -0.25) is 5.01 Å². The van der Waals surface area contributed by atoms with Gasteiger partial charge >= 0.3 is 0 Å². The smallest absolute Gasteiger partial charge is 0.185 e. The fraction of sp³-hybridized carbons (Fsp3) is 0.500. The van der Waals surface area contributed by atoms with Gasteiger partial charge in [-0.05, 0) is 37.8 Å². The molecule has 0 radical (unpaired) electrons. The van der Waals surface area contributed by atoms with Crippen LogP contribution in [0.4, 0.5) is 20.2 Å². The van der Waals surface area contributed by atoms with Crippen molar-refractivity contribution in [2.45, 2.75) is 31.8 Å². The van der Waals surface area contributed by atoms with Crippen LogP contribution in [0.5, 0.6) is 0 Å². The van der Waals surface area contributed by atoms with Gasteiger partial charge in [-0.1, -0.05) is 0 Å². The molecule has 0 atom stereocenters. The number of nitrogens with zero attached hydrogens (tertiary/aromatic N) is 1. The molecule has 18 heavy (non-hydrogen) atoms. The highest BCUT2D eigenvalue weighted by Gasteiger charge is 2.39. The monoisotopic (exact) mass is 255 g/mol. The predicted octanol–water partition coefficient (Wildman–Crippen LogP) is 1.84. The average molecular weight is 255 g/mol. The van der Waals surface area contributed by atoms with Gasteiger partial charge in [0.2, 0.25) is 0 Å². The molecule has 4 nitrogen and oxygen atoms in total. The van der Waals surface area contributed by atoms with E-state index in [0.29, 0.717) is 18.5 Å². The van der Waals surface area contributed by atoms with E-state index in [1.54, 1.807) is 6.07 Å². The third kappa shape index (κ3) is 1.64. The number of benzene rings is 1. The summed E-state index contributed by atoms with van der Waals surface area (Å²) in [5.74, 6) is -1.73. The molecule has 1 fully saturated rings. The third-order valence-corrected chi connectivity index (χ3v) is 3.69. The lowest BCUT2D eigenvalue weighted by Crippen LogP contribution is -2.52. The molecular weight excluding hydrogens is 240 g/mol. The fourth-order valence-electron chi connectivity index (χ4n) is 2.44. The summed E-state index contributed by atoms with van der Waals surface area (Å²) in [5.41, 5.74) is 5.63. The summed E-state index contributed by atoms with van der Waals surface area (Å²) < 4.78 is 27.5. The first-order chi connectivity index (χ1) is 8.50. The van der Waals surface area contributed by atoms with E-state index in [-0.39, 0.29) is 17.8 Å². The first-order valence-corrected chi connectivity index (χ1v) is 6.00. The van der Waals surface area contributed by atoms with Crippen LogP contribution in [0.15, 0.2) is 6.07 Å². The summed E-state index contributed by atoms with van der Waals surface area (Å²) in [6.45, 7) is 1.76. The quantitative estimate of drug-likeness (QED) is 0.754. The number of aryl methyl sites for hydroxylation is 1. The molecule has 3 N–H and O–H groups in total. The van der Waals surface area contributed by atoms with Crippen LogP contribution >= 0.6 is 0 Å². The van der Waals surface area contributed by atoms with Gasteiger partial charge in [0.1, 0.15) is 5.69 Å². The van der Waals surface area contributed by atoms with Gasteiger partial charge in [0.15, 0.2) is 11.6 Å². The van der Waals surface area contributed by atoms with Crippen molar-refractivity contribution in [1.29, 1.82) is 0 Å². The molecule has 1 aromatic carbocycles. The number of aliphatic hydroxyl groups is 1. The Morgan fingerprint density at radius 3 is 2.72 bits per heavy atom. The molecule has 1 heterocycles. The predicted molar refractivity (Wildman–Crippen MR) is 64.0 cm³/mol. The van der Waals surface area contributed by atoms with Crippen LogP contribution in [0.3, 0.4) is 0 Å². The van der Waals surface area contributed by atoms with Gasteiger partial charge in [0.25, 0.3) is 0 Å². The Kier molecular flexibility index (Phi) is 2.46. The molecule has 6 heteroatoms. The minimum absolute atomic E-state index is 0.137. The summed E-state index contributed by atoms with van der Waals surface area (Å²) >= 11 is 0. The highest BCUT2D eigenvalue weighted by molar-refractivity contribution is 5.74. The average Bonchev–Trinajstić information content (AvgIpc) is 2.67. The summed E-state index contributed by atoms with van der Waals surface area (Å²) in [6.07, 6.45) is 2.35. The zero-order valence-corrected chi connectivity index (χ0v) is 10.1. The maximum absolute atomic E-state index is 13.9. The highest BCUT2D eigenvalue weighted by atomic mass is 19.2. The Morgan fingerprint density at radius 1 is 1.39 bits per heavy atom. The van der Waals surface area contributed by atoms with E-state index in [2.05, 4.69) is 11.0 Å². The lowest BCUT2D eigenvalue weighted by molar-refractivity contribution is -0.0266. The first kappa shape index (κ1) is 11.7. The summed E-state index contributed by atoms with van der Waals surface area (Å²) in [7, 11) is 0. The number of anilines is 2. The van der Waals surface area contributed by atoms with E-state index < -0.39 is 17.2 Å². The molecule has 0 aromatic heterocycles. The number of halogens is 2. The lowest BCUT2D eigenvalue weighted by Gasteiger charge is -2.39. The molecule has 0 bridgehead atoms. The van der Waals surface area contributed by atoms with Crippen LogP contribution in [-0.2, 0) is 0 Å². The largest absolute Gasteiger partial charge is 0.388 e. The molecule has 3 rings (SSSR count). The summed E-state index contributed by atoms with van der Waals surface area (Å²) in [5, 5.41) is 11.5. The molecule has 0 spiro atoms. The molecule has 0 unspecified atom stereocenters. The second-order valence-corrected chi connectivity index (χ2v) is 5.12. The molecule has 1 saturated carbocycles. The van der Waals surface area contributed by atoms with Crippen molar-refractivity contribution in [3.63, 3.8) is 0 Å². The van der Waals surface area contributed by atoms with Crippen molar-refractivity contribution in [1.82, 2.24) is 5.53 Å². The van der Waals surface area contributed by atoms with Gasteiger partial charge in [-0.25, -0.2) is 8.78 Å². The van der Waals surface area contributed by atoms with E-state index >= 15 is 0 Å². The van der Waals surface area contributed by atoms with Gasteiger partial charge in [-0.2, -0.15) is 0 Å². The van der Waals surface area contributed by atoms with Gasteiger partial charge in [0, 0.05) is 0 Å². The molecule has 1 aliphatic carbocycles. The molecule has 2 aliphatic rings. The van der Waals surface area contributed by atoms with Crippen LogP contribution < -0.4 is 16.0 Å². The second kappa shape index (κ2) is 3.80. The highest BCUT2D eigenvalue weighted by Crippen LogP contribution is 2.39. The second-order valence-electron chi connectivity index (χ2n) is 5.12. The van der Waals surface area contributed by atoms with Crippen molar-refractivity contribution in [2.24, 2.45) is 0 Å². The van der Waals surface area contributed by atoms with E-state index in [4.69, 9.17) is 0 Å². The zero-order chi connectivity index (χ0) is 12.9. The molecule has 1 aromatic rings. The molecule has 1 aliphatic heterocycles. The number of β-amino-alcohol motifs (C(OH)–C–C–N with tert-alkyl or cyclic N) is 1. The number of hydrogen-bond acceptors (Lipinski definition) is 4. The maximum atomic E-state index is 13.9. The Balaban J connectivity index is 1.93. The Hall–Kier alpha value is -1.40. The fourth-order valence-corrected chi connectivity index (χ4v) is 2.44. The summed E-state index contributed by atoms with van der Waals surface area (Å²) in [6, 6.07) is 1.55. The van der Waals surface area contributed by atoms with Crippen LogP contribution in [0, 0.1) is 18.6 Å². The van der Waals surface area contributed by atoms with Gasteiger partial charge in [-0.15, -0.1) is 5.53 Å². The number of rotatable bonds is 2. The van der Waals surface area contributed by atoms with Crippen LogP contribution in [0.2, 0.25) is 0 Å². The number of nitrogens with one attached hydrogen (secondary N) is 2. The molecular formula is C12H15F2N3O. The minimum atomic E-state index is -0.884. The number of hydrogen-bond donors (Lipinski definition) is 3. The number of hydrazine groups is 2. The Bertz CT molecular complexity index is 503. The zero-order valence-electron chi connectivity index (χ0n) is 10.1. The van der Waals surface area contributed by atoms with Crippen LogP contribution in [-0.4, -0.2) is 17.3 Å². The molecule has 0 amide bonds. The van der Waals surface area contributed by atoms with Crippen LogP contribution in [0.1, 0.15) is 24.8 Å². The van der Waals surface area contributed by atoms with Crippen molar-refractivity contribution in [3.8, 4) is 0 Å². The van der Waals surface area contributed by atoms with E-state index in [1.165, 1.54) is 11.9 Å². The first-order valence-electron chi connectivity index (χ1n) is 6.00. The van der Waals surface area contributed by atoms with Crippen LogP contribution in [0.25, 0.3) is 0 Å². The normalized spacial score (nSPS) is 20.3. The van der Waals surface area contributed by atoms with E-state index in [9.17, 15) is 13.9 Å². The van der Waals surface area contributed by atoms with E-state index in [0.717, 1.165) is 6.42 Å².